The van der Waals surface area contributed by atoms with E-state index in [0.29, 0.717) is 0 Å². The molecule has 1 fully saturated rings. The van der Waals surface area contributed by atoms with Crippen LogP contribution in [0.25, 0.3) is 0 Å². The first-order valence-corrected chi connectivity index (χ1v) is 11.0. The summed E-state index contributed by atoms with van der Waals surface area (Å²) in [6.07, 6.45) is 3.71. The summed E-state index contributed by atoms with van der Waals surface area (Å²) in [5, 5.41) is 7.21. The Hall–Kier alpha value is -2.67. The zero-order chi connectivity index (χ0) is 21.4. The maximum atomic E-state index is 12.5. The second-order valence-electron chi connectivity index (χ2n) is 8.44. The van der Waals surface area contributed by atoms with Gasteiger partial charge in [-0.15, -0.1) is 0 Å². The molecule has 0 amide bonds. The highest BCUT2D eigenvalue weighted by Crippen LogP contribution is 2.49. The molecular formula is C24H27F2N3O2. The Labute approximate surface area is 181 Å². The molecule has 5 nitrogen and oxygen atoms in total. The first kappa shape index (κ1) is 20.2. The van der Waals surface area contributed by atoms with Crippen LogP contribution in [-0.2, 0) is 0 Å². The third-order valence-corrected chi connectivity index (χ3v) is 6.50. The Bertz CT molecular complexity index is 956. The lowest BCUT2D eigenvalue weighted by atomic mass is 9.90. The second kappa shape index (κ2) is 8.11. The van der Waals surface area contributed by atoms with Gasteiger partial charge in [-0.1, -0.05) is 25.1 Å². The number of rotatable bonds is 5. The lowest BCUT2D eigenvalue weighted by molar-refractivity contribution is -0.149. The van der Waals surface area contributed by atoms with Crippen LogP contribution in [0, 0.1) is 0 Å². The predicted octanol–water partition coefficient (Wildman–Crippen LogP) is 5.03. The Morgan fingerprint density at radius 1 is 1.13 bits per heavy atom. The van der Waals surface area contributed by atoms with Gasteiger partial charge in [0.1, 0.15) is 11.5 Å². The van der Waals surface area contributed by atoms with Crippen molar-refractivity contribution in [3.05, 3.63) is 59.7 Å². The van der Waals surface area contributed by atoms with Crippen molar-refractivity contribution in [1.29, 1.82) is 0 Å². The molecule has 1 saturated heterocycles. The van der Waals surface area contributed by atoms with Gasteiger partial charge in [0.2, 0.25) is 5.72 Å². The van der Waals surface area contributed by atoms with E-state index < -0.39 is 12.3 Å². The smallest absolute Gasteiger partial charge is 0.387 e. The Balaban J connectivity index is 1.45. The molecular weight excluding hydrogens is 400 g/mol. The molecule has 3 aliphatic heterocycles. The molecule has 2 aromatic rings. The van der Waals surface area contributed by atoms with Crippen molar-refractivity contribution in [3.63, 3.8) is 0 Å². The molecule has 1 spiro atoms. The molecule has 31 heavy (non-hydrogen) atoms. The average molecular weight is 427 g/mol. The van der Waals surface area contributed by atoms with Gasteiger partial charge in [-0.25, -0.2) is 5.01 Å². The zero-order valence-electron chi connectivity index (χ0n) is 17.6. The molecule has 0 bridgehead atoms. The fourth-order valence-electron chi connectivity index (χ4n) is 5.00. The van der Waals surface area contributed by atoms with Crippen LogP contribution in [0.5, 0.6) is 11.5 Å². The van der Waals surface area contributed by atoms with E-state index in [9.17, 15) is 8.78 Å². The molecule has 0 N–H and O–H groups in total. The summed E-state index contributed by atoms with van der Waals surface area (Å²) in [4.78, 5) is 2.49. The number of fused-ring (bicyclic) bond motifs is 4. The molecule has 0 saturated carbocycles. The van der Waals surface area contributed by atoms with Crippen molar-refractivity contribution in [2.45, 2.75) is 51.0 Å². The van der Waals surface area contributed by atoms with Crippen LogP contribution in [0.3, 0.4) is 0 Å². The molecule has 3 heterocycles. The molecule has 7 heteroatoms. The summed E-state index contributed by atoms with van der Waals surface area (Å²) in [6.45, 7) is 2.48. The van der Waals surface area contributed by atoms with E-state index in [1.165, 1.54) is 0 Å². The van der Waals surface area contributed by atoms with Crippen LogP contribution in [-0.4, -0.2) is 47.6 Å². The van der Waals surface area contributed by atoms with Gasteiger partial charge in [-0.05, 0) is 48.9 Å². The van der Waals surface area contributed by atoms with Crippen molar-refractivity contribution in [1.82, 2.24) is 9.91 Å². The van der Waals surface area contributed by atoms with E-state index in [4.69, 9.17) is 9.84 Å². The fourth-order valence-corrected chi connectivity index (χ4v) is 5.00. The summed E-state index contributed by atoms with van der Waals surface area (Å²) in [5.41, 5.74) is 2.58. The molecule has 0 aromatic heterocycles. The van der Waals surface area contributed by atoms with Crippen LogP contribution in [0.1, 0.15) is 49.8 Å². The van der Waals surface area contributed by atoms with Crippen LogP contribution in [0.4, 0.5) is 8.78 Å². The molecule has 0 unspecified atom stereocenters. The zero-order valence-corrected chi connectivity index (χ0v) is 17.6. The summed E-state index contributed by atoms with van der Waals surface area (Å²) < 4.78 is 36.1. The molecule has 1 atom stereocenters. The monoisotopic (exact) mass is 427 g/mol. The summed E-state index contributed by atoms with van der Waals surface area (Å²) in [5.74, 6) is 1.10. The average Bonchev–Trinajstić information content (AvgIpc) is 3.23. The van der Waals surface area contributed by atoms with Gasteiger partial charge < -0.3 is 14.4 Å². The number of piperidine rings is 1. The van der Waals surface area contributed by atoms with Gasteiger partial charge in [0.05, 0.1) is 11.8 Å². The van der Waals surface area contributed by atoms with Crippen LogP contribution in [0.2, 0.25) is 0 Å². The van der Waals surface area contributed by atoms with Crippen molar-refractivity contribution < 1.29 is 18.3 Å². The maximum absolute atomic E-state index is 12.5. The van der Waals surface area contributed by atoms with Crippen molar-refractivity contribution >= 4 is 5.71 Å². The summed E-state index contributed by atoms with van der Waals surface area (Å²) in [7, 11) is 0. The quantitative estimate of drug-likeness (QED) is 0.671. The lowest BCUT2D eigenvalue weighted by Crippen LogP contribution is -2.59. The number of alkyl halides is 2. The highest BCUT2D eigenvalue weighted by Gasteiger charge is 2.51. The number of hydrazone groups is 1. The molecule has 5 rings (SSSR count). The minimum atomic E-state index is -2.82. The first-order valence-electron chi connectivity index (χ1n) is 11.0. The van der Waals surface area contributed by atoms with Gasteiger partial charge in [0.15, 0.2) is 0 Å². The number of hydrogen-bond donors (Lipinski definition) is 0. The number of ether oxygens (including phenoxy) is 2. The van der Waals surface area contributed by atoms with Crippen molar-refractivity contribution in [3.8, 4) is 11.5 Å². The second-order valence-corrected chi connectivity index (χ2v) is 8.44. The number of likely N-dealkylation sites (tertiary alicyclic amines) is 1. The topological polar surface area (TPSA) is 37.3 Å². The SMILES string of the molecule is CCCN1CCC2(CC1)Oc1ccccc1[C@@H]1CC(c3ccc(OC(F)F)cc3)=NN12. The molecule has 3 aliphatic rings. The van der Waals surface area contributed by atoms with E-state index in [1.807, 2.05) is 12.1 Å². The Morgan fingerprint density at radius 3 is 2.58 bits per heavy atom. The number of nitrogens with zero attached hydrogens (tertiary/aromatic N) is 3. The minimum Gasteiger partial charge on any atom is -0.466 e. The van der Waals surface area contributed by atoms with E-state index in [0.717, 1.165) is 67.9 Å². The maximum Gasteiger partial charge on any atom is 0.387 e. The molecule has 0 aliphatic carbocycles. The molecule has 164 valence electrons. The Morgan fingerprint density at radius 2 is 1.87 bits per heavy atom. The summed E-state index contributed by atoms with van der Waals surface area (Å²) in [6, 6.07) is 15.1. The van der Waals surface area contributed by atoms with E-state index in [2.05, 4.69) is 33.7 Å². The van der Waals surface area contributed by atoms with Gasteiger partial charge in [0.25, 0.3) is 0 Å². The van der Waals surface area contributed by atoms with Crippen molar-refractivity contribution in [2.75, 3.05) is 19.6 Å². The highest BCUT2D eigenvalue weighted by atomic mass is 19.3. The van der Waals surface area contributed by atoms with E-state index in [-0.39, 0.29) is 11.8 Å². The van der Waals surface area contributed by atoms with Gasteiger partial charge >= 0.3 is 6.61 Å². The number of hydrogen-bond acceptors (Lipinski definition) is 5. The first-order chi connectivity index (χ1) is 15.1. The van der Waals surface area contributed by atoms with Gasteiger partial charge in [-0.3, -0.25) is 0 Å². The van der Waals surface area contributed by atoms with Gasteiger partial charge in [0, 0.05) is 37.9 Å². The third kappa shape index (κ3) is 3.76. The number of halogens is 2. The summed E-state index contributed by atoms with van der Waals surface area (Å²) >= 11 is 0. The van der Waals surface area contributed by atoms with Crippen molar-refractivity contribution in [2.24, 2.45) is 5.10 Å². The van der Waals surface area contributed by atoms with Crippen LogP contribution in [0.15, 0.2) is 53.6 Å². The van der Waals surface area contributed by atoms with E-state index >= 15 is 0 Å². The number of benzene rings is 2. The third-order valence-electron chi connectivity index (χ3n) is 6.50. The van der Waals surface area contributed by atoms with Crippen LogP contribution < -0.4 is 9.47 Å². The lowest BCUT2D eigenvalue weighted by Gasteiger charge is -2.51. The largest absolute Gasteiger partial charge is 0.466 e. The Kier molecular flexibility index (Phi) is 5.30. The number of para-hydroxylation sites is 1. The highest BCUT2D eigenvalue weighted by molar-refractivity contribution is 6.02. The van der Waals surface area contributed by atoms with E-state index in [1.54, 1.807) is 24.3 Å². The predicted molar refractivity (Wildman–Crippen MR) is 115 cm³/mol. The standard InChI is InChI=1S/C24H27F2N3O2/c1-2-13-28-14-11-24(12-15-28)29-21(19-5-3-4-6-22(19)31-24)16-20(27-29)17-7-9-18(10-8-17)30-23(25)26/h3-10,21,23H,2,11-16H2,1H3/t21-/m0/s1. The van der Waals surface area contributed by atoms with Gasteiger partial charge in [-0.2, -0.15) is 13.9 Å². The molecule has 0 radical (unpaired) electrons. The fraction of sp³-hybridized carbons (Fsp3) is 0.458. The van der Waals surface area contributed by atoms with Crippen LogP contribution >= 0.6 is 0 Å². The minimum absolute atomic E-state index is 0.120. The normalized spacial score (nSPS) is 22.1. The molecule has 2 aromatic carbocycles.